The van der Waals surface area contributed by atoms with Crippen molar-refractivity contribution in [3.8, 4) is 0 Å². The highest BCUT2D eigenvalue weighted by Gasteiger charge is 2.37. The quantitative estimate of drug-likeness (QED) is 0.865. The van der Waals surface area contributed by atoms with E-state index in [0.29, 0.717) is 0 Å². The Balaban J connectivity index is 2.10. The number of alkyl halides is 3. The van der Waals surface area contributed by atoms with Gasteiger partial charge in [-0.05, 0) is 31.0 Å². The minimum Gasteiger partial charge on any atom is -0.342 e. The highest BCUT2D eigenvalue weighted by molar-refractivity contribution is 7.90. The van der Waals surface area contributed by atoms with Gasteiger partial charge in [-0.15, -0.1) is 4.40 Å². The second kappa shape index (κ2) is 3.72. The number of halogens is 3. The first-order chi connectivity index (χ1) is 8.77. The average molecular weight is 290 g/mol. The van der Waals surface area contributed by atoms with Gasteiger partial charge in [0.1, 0.15) is 10.7 Å². The SMILES string of the molecule is O=S1(=O)N=C(C2CC2)Nc2cc(C(F)(F)F)ccc21. The number of sulfonamides is 1. The zero-order valence-electron chi connectivity index (χ0n) is 9.53. The van der Waals surface area contributed by atoms with E-state index in [4.69, 9.17) is 0 Å². The van der Waals surface area contributed by atoms with Crippen LogP contribution in [0.3, 0.4) is 0 Å². The lowest BCUT2D eigenvalue weighted by Gasteiger charge is -2.19. The van der Waals surface area contributed by atoms with E-state index in [1.165, 1.54) is 0 Å². The summed E-state index contributed by atoms with van der Waals surface area (Å²) in [5.74, 6) is 0.254. The minimum atomic E-state index is -4.51. The van der Waals surface area contributed by atoms with Crippen LogP contribution in [0.2, 0.25) is 0 Å². The molecule has 1 saturated carbocycles. The second-order valence-corrected chi connectivity index (χ2v) is 6.13. The molecule has 8 heteroatoms. The predicted octanol–water partition coefficient (Wildman–Crippen LogP) is 2.63. The van der Waals surface area contributed by atoms with E-state index in [9.17, 15) is 21.6 Å². The van der Waals surface area contributed by atoms with Gasteiger partial charge in [0.05, 0.1) is 11.3 Å². The molecular weight excluding hydrogens is 281 g/mol. The molecule has 0 amide bonds. The van der Waals surface area contributed by atoms with Gasteiger partial charge in [0.2, 0.25) is 0 Å². The summed E-state index contributed by atoms with van der Waals surface area (Å²) < 4.78 is 65.2. The number of amidine groups is 1. The van der Waals surface area contributed by atoms with Crippen LogP contribution < -0.4 is 5.32 Å². The molecule has 2 aliphatic rings. The van der Waals surface area contributed by atoms with Gasteiger partial charge in [-0.1, -0.05) is 0 Å². The summed E-state index contributed by atoms with van der Waals surface area (Å²) in [5.41, 5.74) is -0.933. The predicted molar refractivity (Wildman–Crippen MR) is 62.4 cm³/mol. The molecule has 1 aliphatic carbocycles. The number of hydrogen-bond acceptors (Lipinski definition) is 3. The van der Waals surface area contributed by atoms with E-state index in [1.807, 2.05) is 0 Å². The highest BCUT2D eigenvalue weighted by atomic mass is 32.2. The molecule has 1 aromatic rings. The van der Waals surface area contributed by atoms with Gasteiger partial charge in [-0.25, -0.2) is 0 Å². The van der Waals surface area contributed by atoms with Gasteiger partial charge in [-0.2, -0.15) is 21.6 Å². The van der Waals surface area contributed by atoms with Crippen molar-refractivity contribution in [2.45, 2.75) is 23.9 Å². The molecule has 0 aromatic heterocycles. The monoisotopic (exact) mass is 290 g/mol. The molecule has 0 bridgehead atoms. The van der Waals surface area contributed by atoms with Gasteiger partial charge in [0.15, 0.2) is 0 Å². The van der Waals surface area contributed by atoms with Crippen molar-refractivity contribution in [1.29, 1.82) is 0 Å². The van der Waals surface area contributed by atoms with Crippen LogP contribution in [0.25, 0.3) is 0 Å². The van der Waals surface area contributed by atoms with Crippen LogP contribution in [-0.4, -0.2) is 14.3 Å². The van der Waals surface area contributed by atoms with E-state index in [-0.39, 0.29) is 22.3 Å². The Hall–Kier alpha value is -1.57. The fraction of sp³-hybridized carbons (Fsp3) is 0.364. The first-order valence-corrected chi connectivity index (χ1v) is 7.04. The summed E-state index contributed by atoms with van der Waals surface area (Å²) in [6.07, 6.45) is -2.90. The van der Waals surface area contributed by atoms with Crippen LogP contribution in [0.5, 0.6) is 0 Å². The highest BCUT2D eigenvalue weighted by Crippen LogP contribution is 2.39. The van der Waals surface area contributed by atoms with Crippen molar-refractivity contribution in [3.05, 3.63) is 23.8 Å². The molecule has 1 fully saturated rings. The van der Waals surface area contributed by atoms with Crippen LogP contribution in [-0.2, 0) is 16.2 Å². The zero-order valence-corrected chi connectivity index (χ0v) is 10.3. The maximum absolute atomic E-state index is 12.6. The molecule has 0 saturated heterocycles. The Bertz CT molecular complexity index is 676. The van der Waals surface area contributed by atoms with Crippen molar-refractivity contribution >= 4 is 21.5 Å². The lowest BCUT2D eigenvalue weighted by molar-refractivity contribution is -0.137. The van der Waals surface area contributed by atoms with Gasteiger partial charge in [0.25, 0.3) is 10.0 Å². The molecule has 0 atom stereocenters. The Kier molecular flexibility index (Phi) is 2.44. The van der Waals surface area contributed by atoms with Crippen LogP contribution >= 0.6 is 0 Å². The van der Waals surface area contributed by atoms with Crippen molar-refractivity contribution in [1.82, 2.24) is 0 Å². The molecule has 0 radical (unpaired) electrons. The zero-order chi connectivity index (χ0) is 13.8. The molecule has 1 aromatic carbocycles. The number of anilines is 1. The summed E-state index contributed by atoms with van der Waals surface area (Å²) in [5, 5.41) is 2.70. The van der Waals surface area contributed by atoms with Crippen LogP contribution in [0, 0.1) is 5.92 Å². The van der Waals surface area contributed by atoms with Gasteiger partial charge >= 0.3 is 6.18 Å². The lowest BCUT2D eigenvalue weighted by atomic mass is 10.2. The number of nitrogens with zero attached hydrogens (tertiary/aromatic N) is 1. The fourth-order valence-electron chi connectivity index (χ4n) is 1.90. The average Bonchev–Trinajstić information content (AvgIpc) is 3.09. The standard InChI is InChI=1S/C11H9F3N2O2S/c12-11(13,14)7-3-4-9-8(5-7)15-10(6-1-2-6)16-19(9,17)18/h3-6H,1-2H2,(H,15,16). The molecular formula is C11H9F3N2O2S. The van der Waals surface area contributed by atoms with E-state index in [0.717, 1.165) is 31.0 Å². The lowest BCUT2D eigenvalue weighted by Crippen LogP contribution is -2.23. The number of rotatable bonds is 1. The van der Waals surface area contributed by atoms with Crippen molar-refractivity contribution in [2.24, 2.45) is 10.3 Å². The van der Waals surface area contributed by atoms with E-state index < -0.39 is 21.8 Å². The van der Waals surface area contributed by atoms with Crippen LogP contribution in [0.1, 0.15) is 18.4 Å². The molecule has 1 heterocycles. The van der Waals surface area contributed by atoms with Gasteiger partial charge < -0.3 is 5.32 Å². The molecule has 4 nitrogen and oxygen atoms in total. The summed E-state index contributed by atoms with van der Waals surface area (Å²) in [6, 6.07) is 2.49. The largest absolute Gasteiger partial charge is 0.416 e. The van der Waals surface area contributed by atoms with Crippen molar-refractivity contribution < 1.29 is 21.6 Å². The normalized spacial score (nSPS) is 21.3. The Labute approximate surface area is 107 Å². The first kappa shape index (κ1) is 12.5. The maximum Gasteiger partial charge on any atom is 0.416 e. The Morgan fingerprint density at radius 2 is 1.95 bits per heavy atom. The Morgan fingerprint density at radius 3 is 2.53 bits per heavy atom. The minimum absolute atomic E-state index is 0.0115. The van der Waals surface area contributed by atoms with Crippen LogP contribution in [0.4, 0.5) is 18.9 Å². The fourth-order valence-corrected chi connectivity index (χ4v) is 3.08. The summed E-state index contributed by atoms with van der Waals surface area (Å²) in [6.45, 7) is 0. The van der Waals surface area contributed by atoms with Gasteiger partial charge in [-0.3, -0.25) is 0 Å². The van der Waals surface area contributed by atoms with Crippen molar-refractivity contribution in [2.75, 3.05) is 5.32 Å². The number of nitrogens with one attached hydrogen (secondary N) is 1. The van der Waals surface area contributed by atoms with Crippen molar-refractivity contribution in [3.63, 3.8) is 0 Å². The second-order valence-electron chi connectivity index (χ2n) is 4.56. The molecule has 102 valence electrons. The van der Waals surface area contributed by atoms with E-state index in [1.54, 1.807) is 0 Å². The molecule has 19 heavy (non-hydrogen) atoms. The molecule has 0 spiro atoms. The topological polar surface area (TPSA) is 58.5 Å². The number of fused-ring (bicyclic) bond motifs is 1. The number of benzene rings is 1. The summed E-state index contributed by atoms with van der Waals surface area (Å²) in [4.78, 5) is -0.218. The molecule has 1 aliphatic heterocycles. The Morgan fingerprint density at radius 1 is 1.26 bits per heavy atom. The number of hydrogen-bond donors (Lipinski definition) is 1. The summed E-state index contributed by atoms with van der Waals surface area (Å²) in [7, 11) is -3.90. The molecule has 3 rings (SSSR count). The third-order valence-electron chi connectivity index (χ3n) is 3.03. The van der Waals surface area contributed by atoms with Crippen LogP contribution in [0.15, 0.2) is 27.5 Å². The van der Waals surface area contributed by atoms with E-state index in [2.05, 4.69) is 9.71 Å². The molecule has 1 N–H and O–H groups in total. The molecule has 0 unspecified atom stereocenters. The van der Waals surface area contributed by atoms with E-state index >= 15 is 0 Å². The first-order valence-electron chi connectivity index (χ1n) is 5.60. The third kappa shape index (κ3) is 2.20. The summed E-state index contributed by atoms with van der Waals surface area (Å²) >= 11 is 0. The smallest absolute Gasteiger partial charge is 0.342 e. The maximum atomic E-state index is 12.6. The van der Waals surface area contributed by atoms with Gasteiger partial charge in [0, 0.05) is 5.92 Å². The third-order valence-corrected chi connectivity index (χ3v) is 4.38.